The third-order valence-electron chi connectivity index (χ3n) is 4.58. The summed E-state index contributed by atoms with van der Waals surface area (Å²) >= 11 is 0. The number of ether oxygens (including phenoxy) is 5. The van der Waals surface area contributed by atoms with Gasteiger partial charge in [-0.1, -0.05) is 6.07 Å². The summed E-state index contributed by atoms with van der Waals surface area (Å²) in [4.78, 5) is 15.1. The van der Waals surface area contributed by atoms with Gasteiger partial charge in [-0.15, -0.1) is 10.1 Å². The van der Waals surface area contributed by atoms with Gasteiger partial charge in [0.15, 0.2) is 17.6 Å². The molecule has 0 radical (unpaired) electrons. The van der Waals surface area contributed by atoms with E-state index < -0.39 is 17.3 Å². The molecule has 0 bridgehead atoms. The number of fused-ring (bicyclic) bond motifs is 1. The van der Waals surface area contributed by atoms with Crippen molar-refractivity contribution in [1.82, 2.24) is 5.32 Å². The standard InChI is InChI=1S/C17H24N2O8/c1-22-12-5-3-6-13(16(12)23-2)24-8-4-7-18-11-9-25-17-14(27-19(20)21)10-26-15(11)17/h3,5-6,11,14-15,17-18H,4,7-10H2,1-2H3/t11-,14-,15+,17+/m0/s1. The van der Waals surface area contributed by atoms with Gasteiger partial charge in [-0.25, -0.2) is 0 Å². The number of para-hydroxylation sites is 1. The topological polar surface area (TPSA) is 111 Å². The van der Waals surface area contributed by atoms with Crippen LogP contribution in [0, 0.1) is 10.1 Å². The lowest BCUT2D eigenvalue weighted by Crippen LogP contribution is -2.42. The molecule has 2 fully saturated rings. The van der Waals surface area contributed by atoms with E-state index in [4.69, 9.17) is 23.7 Å². The maximum Gasteiger partial charge on any atom is 0.294 e. The average Bonchev–Trinajstić information content (AvgIpc) is 3.24. The van der Waals surface area contributed by atoms with Crippen LogP contribution < -0.4 is 19.5 Å². The Balaban J connectivity index is 1.40. The molecule has 150 valence electrons. The Hall–Kier alpha value is -2.30. The van der Waals surface area contributed by atoms with Crippen molar-refractivity contribution in [2.24, 2.45) is 0 Å². The minimum absolute atomic E-state index is 0.0262. The van der Waals surface area contributed by atoms with Crippen molar-refractivity contribution >= 4 is 0 Å². The van der Waals surface area contributed by atoms with Crippen molar-refractivity contribution in [1.29, 1.82) is 0 Å². The number of nitrogens with one attached hydrogen (secondary N) is 1. The Kier molecular flexibility index (Phi) is 6.54. The summed E-state index contributed by atoms with van der Waals surface area (Å²) in [5, 5.41) is 13.1. The summed E-state index contributed by atoms with van der Waals surface area (Å²) in [6.07, 6.45) is -0.566. The van der Waals surface area contributed by atoms with Crippen LogP contribution in [-0.4, -0.2) is 70.0 Å². The third kappa shape index (κ3) is 4.52. The van der Waals surface area contributed by atoms with Crippen LogP contribution in [0.4, 0.5) is 0 Å². The van der Waals surface area contributed by atoms with Crippen LogP contribution in [0.5, 0.6) is 17.2 Å². The molecule has 2 aliphatic heterocycles. The number of rotatable bonds is 10. The second kappa shape index (κ2) is 9.07. The van der Waals surface area contributed by atoms with E-state index in [1.807, 2.05) is 12.1 Å². The van der Waals surface area contributed by atoms with E-state index in [0.717, 1.165) is 6.42 Å². The molecule has 4 atom stereocenters. The van der Waals surface area contributed by atoms with Gasteiger partial charge in [0, 0.05) is 0 Å². The number of hydrogen-bond acceptors (Lipinski definition) is 9. The lowest BCUT2D eigenvalue weighted by atomic mass is 10.1. The highest BCUT2D eigenvalue weighted by molar-refractivity contribution is 5.50. The van der Waals surface area contributed by atoms with Crippen LogP contribution in [0.1, 0.15) is 6.42 Å². The third-order valence-corrected chi connectivity index (χ3v) is 4.58. The Morgan fingerprint density at radius 3 is 2.70 bits per heavy atom. The molecule has 1 aromatic rings. The highest BCUT2D eigenvalue weighted by Gasteiger charge is 2.49. The van der Waals surface area contributed by atoms with Gasteiger partial charge < -0.3 is 33.8 Å². The van der Waals surface area contributed by atoms with E-state index in [2.05, 4.69) is 10.2 Å². The summed E-state index contributed by atoms with van der Waals surface area (Å²) in [5.41, 5.74) is 0. The first-order chi connectivity index (χ1) is 13.1. The van der Waals surface area contributed by atoms with E-state index >= 15 is 0 Å². The molecule has 0 amide bonds. The Morgan fingerprint density at radius 1 is 1.19 bits per heavy atom. The molecule has 3 rings (SSSR count). The minimum Gasteiger partial charge on any atom is -0.493 e. The van der Waals surface area contributed by atoms with Crippen molar-refractivity contribution in [2.45, 2.75) is 30.8 Å². The fraction of sp³-hybridized carbons (Fsp3) is 0.647. The van der Waals surface area contributed by atoms with E-state index in [0.29, 0.717) is 37.0 Å². The fourth-order valence-electron chi connectivity index (χ4n) is 3.35. The number of hydrogen-bond donors (Lipinski definition) is 1. The molecule has 0 aliphatic carbocycles. The molecule has 1 aromatic carbocycles. The molecule has 2 heterocycles. The lowest BCUT2D eigenvalue weighted by Gasteiger charge is -2.18. The molecule has 2 aliphatic rings. The van der Waals surface area contributed by atoms with Crippen molar-refractivity contribution in [3.8, 4) is 17.2 Å². The van der Waals surface area contributed by atoms with Crippen molar-refractivity contribution in [3.05, 3.63) is 28.3 Å². The van der Waals surface area contributed by atoms with Gasteiger partial charge in [0.25, 0.3) is 5.09 Å². The Morgan fingerprint density at radius 2 is 1.96 bits per heavy atom. The van der Waals surface area contributed by atoms with Gasteiger partial charge in [-0.2, -0.15) is 0 Å². The molecule has 1 N–H and O–H groups in total. The molecule has 0 saturated carbocycles. The molecule has 0 spiro atoms. The van der Waals surface area contributed by atoms with E-state index in [1.54, 1.807) is 20.3 Å². The summed E-state index contributed by atoms with van der Waals surface area (Å²) in [6, 6.07) is 5.45. The second-order valence-electron chi connectivity index (χ2n) is 6.22. The molecule has 27 heavy (non-hydrogen) atoms. The highest BCUT2D eigenvalue weighted by Crippen LogP contribution is 2.36. The average molecular weight is 384 g/mol. The van der Waals surface area contributed by atoms with Gasteiger partial charge >= 0.3 is 0 Å². The summed E-state index contributed by atoms with van der Waals surface area (Å²) < 4.78 is 27.6. The van der Waals surface area contributed by atoms with Crippen LogP contribution in [0.2, 0.25) is 0 Å². The van der Waals surface area contributed by atoms with Gasteiger partial charge in [0.1, 0.15) is 12.2 Å². The van der Waals surface area contributed by atoms with Crippen LogP contribution in [-0.2, 0) is 14.3 Å². The minimum atomic E-state index is -0.801. The zero-order valence-corrected chi connectivity index (χ0v) is 15.3. The van der Waals surface area contributed by atoms with Crippen LogP contribution in [0.3, 0.4) is 0 Å². The van der Waals surface area contributed by atoms with E-state index in [-0.39, 0.29) is 18.8 Å². The lowest BCUT2D eigenvalue weighted by molar-refractivity contribution is -0.769. The predicted octanol–water partition coefficient (Wildman–Crippen LogP) is 0.805. The van der Waals surface area contributed by atoms with Crippen molar-refractivity contribution in [2.75, 3.05) is 40.6 Å². The maximum atomic E-state index is 10.5. The summed E-state index contributed by atoms with van der Waals surface area (Å²) in [7, 11) is 3.15. The normalized spacial score (nSPS) is 26.4. The molecule has 10 nitrogen and oxygen atoms in total. The number of nitrogens with zero attached hydrogens (tertiary/aromatic N) is 1. The highest BCUT2D eigenvalue weighted by atomic mass is 17.0. The van der Waals surface area contributed by atoms with E-state index in [9.17, 15) is 10.1 Å². The van der Waals surface area contributed by atoms with Crippen LogP contribution in [0.25, 0.3) is 0 Å². The fourth-order valence-corrected chi connectivity index (χ4v) is 3.35. The first-order valence-electron chi connectivity index (χ1n) is 8.75. The quantitative estimate of drug-likeness (QED) is 0.356. The zero-order chi connectivity index (χ0) is 19.2. The van der Waals surface area contributed by atoms with E-state index in [1.165, 1.54) is 0 Å². The second-order valence-corrected chi connectivity index (χ2v) is 6.22. The Labute approximate surface area is 156 Å². The Bertz CT molecular complexity index is 643. The summed E-state index contributed by atoms with van der Waals surface area (Å²) in [5.74, 6) is 1.81. The maximum absolute atomic E-state index is 10.5. The molecule has 2 saturated heterocycles. The molecule has 0 unspecified atom stereocenters. The summed E-state index contributed by atoms with van der Waals surface area (Å²) in [6.45, 7) is 1.77. The molecular formula is C17H24N2O8. The molecule has 0 aromatic heterocycles. The van der Waals surface area contributed by atoms with Gasteiger partial charge in [0.2, 0.25) is 5.75 Å². The van der Waals surface area contributed by atoms with Crippen molar-refractivity contribution in [3.63, 3.8) is 0 Å². The van der Waals surface area contributed by atoms with Gasteiger partial charge in [-0.3, -0.25) is 0 Å². The molecular weight excluding hydrogens is 360 g/mol. The monoisotopic (exact) mass is 384 g/mol. The smallest absolute Gasteiger partial charge is 0.294 e. The van der Waals surface area contributed by atoms with Crippen LogP contribution in [0.15, 0.2) is 18.2 Å². The SMILES string of the molecule is COc1cccc(OCCCN[C@H]2CO[C@H]3[C@@H]2OC[C@@H]3O[N+](=O)[O-])c1OC. The molecule has 10 heteroatoms. The van der Waals surface area contributed by atoms with Crippen molar-refractivity contribution < 1.29 is 33.6 Å². The number of benzene rings is 1. The largest absolute Gasteiger partial charge is 0.493 e. The number of methoxy groups -OCH3 is 2. The first kappa shape index (κ1) is 19.5. The van der Waals surface area contributed by atoms with Gasteiger partial charge in [-0.05, 0) is 25.1 Å². The predicted molar refractivity (Wildman–Crippen MR) is 92.8 cm³/mol. The van der Waals surface area contributed by atoms with Crippen LogP contribution >= 0.6 is 0 Å². The van der Waals surface area contributed by atoms with Gasteiger partial charge in [0.05, 0.1) is 40.1 Å². The zero-order valence-electron chi connectivity index (χ0n) is 15.3. The first-order valence-corrected chi connectivity index (χ1v) is 8.75.